The zero-order valence-electron chi connectivity index (χ0n) is 11.5. The Labute approximate surface area is 117 Å². The van der Waals surface area contributed by atoms with Gasteiger partial charge in [-0.05, 0) is 18.6 Å². The summed E-state index contributed by atoms with van der Waals surface area (Å²) < 4.78 is 5.11. The van der Waals surface area contributed by atoms with Crippen LogP contribution in [0.15, 0.2) is 24.3 Å². The maximum absolute atomic E-state index is 11.9. The van der Waals surface area contributed by atoms with Gasteiger partial charge in [0.25, 0.3) is 0 Å². The SMILES string of the molecule is CCCC[C@H](N)C(=O)Nc1ccccc1OCC(=O)O. The fourth-order valence-corrected chi connectivity index (χ4v) is 1.62. The Morgan fingerprint density at radius 2 is 2.10 bits per heavy atom. The molecule has 20 heavy (non-hydrogen) atoms. The molecular formula is C14H20N2O4. The first-order chi connectivity index (χ1) is 9.54. The number of ether oxygens (including phenoxy) is 1. The number of aliphatic carboxylic acids is 1. The summed E-state index contributed by atoms with van der Waals surface area (Å²) in [6.07, 6.45) is 2.46. The largest absolute Gasteiger partial charge is 0.480 e. The molecule has 1 amide bonds. The van der Waals surface area contributed by atoms with Crippen molar-refractivity contribution in [1.82, 2.24) is 0 Å². The van der Waals surface area contributed by atoms with Crippen LogP contribution >= 0.6 is 0 Å². The van der Waals surface area contributed by atoms with Crippen molar-refractivity contribution in [2.24, 2.45) is 5.73 Å². The van der Waals surface area contributed by atoms with E-state index in [1.807, 2.05) is 6.92 Å². The van der Waals surface area contributed by atoms with Gasteiger partial charge in [-0.1, -0.05) is 31.9 Å². The number of carbonyl (C=O) groups is 2. The van der Waals surface area contributed by atoms with E-state index in [9.17, 15) is 9.59 Å². The minimum Gasteiger partial charge on any atom is -0.480 e. The van der Waals surface area contributed by atoms with Crippen molar-refractivity contribution in [1.29, 1.82) is 0 Å². The Morgan fingerprint density at radius 3 is 2.75 bits per heavy atom. The van der Waals surface area contributed by atoms with Gasteiger partial charge in [0.05, 0.1) is 11.7 Å². The second kappa shape index (κ2) is 8.16. The normalized spacial score (nSPS) is 11.7. The number of amides is 1. The molecule has 0 saturated carbocycles. The topological polar surface area (TPSA) is 102 Å². The molecule has 0 spiro atoms. The number of unbranched alkanes of at least 4 members (excludes halogenated alkanes) is 1. The van der Waals surface area contributed by atoms with E-state index in [1.54, 1.807) is 24.3 Å². The monoisotopic (exact) mass is 280 g/mol. The summed E-state index contributed by atoms with van der Waals surface area (Å²) in [5, 5.41) is 11.3. The molecule has 6 heteroatoms. The van der Waals surface area contributed by atoms with Gasteiger partial charge in [-0.2, -0.15) is 0 Å². The van der Waals surface area contributed by atoms with Crippen LogP contribution < -0.4 is 15.8 Å². The van der Waals surface area contributed by atoms with E-state index in [-0.39, 0.29) is 5.91 Å². The summed E-state index contributed by atoms with van der Waals surface area (Å²) in [5.41, 5.74) is 6.20. The molecule has 0 fully saturated rings. The Bertz CT molecular complexity index is 462. The van der Waals surface area contributed by atoms with E-state index in [0.29, 0.717) is 17.9 Å². The molecule has 0 aliphatic rings. The number of hydrogen-bond acceptors (Lipinski definition) is 4. The number of nitrogens with two attached hydrogens (primary N) is 1. The first-order valence-electron chi connectivity index (χ1n) is 6.54. The molecule has 1 rings (SSSR count). The molecule has 4 N–H and O–H groups in total. The smallest absolute Gasteiger partial charge is 0.341 e. The van der Waals surface area contributed by atoms with Gasteiger partial charge >= 0.3 is 5.97 Å². The Morgan fingerprint density at radius 1 is 1.40 bits per heavy atom. The molecule has 1 aromatic carbocycles. The zero-order chi connectivity index (χ0) is 15.0. The predicted molar refractivity (Wildman–Crippen MR) is 75.7 cm³/mol. The molecular weight excluding hydrogens is 260 g/mol. The van der Waals surface area contributed by atoms with Crippen LogP contribution in [0.3, 0.4) is 0 Å². The first-order valence-corrected chi connectivity index (χ1v) is 6.54. The van der Waals surface area contributed by atoms with Gasteiger partial charge in [-0.3, -0.25) is 4.79 Å². The Hall–Kier alpha value is -2.08. The lowest BCUT2D eigenvalue weighted by molar-refractivity contribution is -0.139. The maximum Gasteiger partial charge on any atom is 0.341 e. The van der Waals surface area contributed by atoms with Gasteiger partial charge in [-0.15, -0.1) is 0 Å². The predicted octanol–water partition coefficient (Wildman–Crippen LogP) is 1.61. The Balaban J connectivity index is 2.66. The van der Waals surface area contributed by atoms with Gasteiger partial charge < -0.3 is 20.9 Å². The third kappa shape index (κ3) is 5.27. The van der Waals surface area contributed by atoms with Crippen molar-refractivity contribution >= 4 is 17.6 Å². The van der Waals surface area contributed by atoms with E-state index >= 15 is 0 Å². The standard InChI is InChI=1S/C14H20N2O4/c1-2-3-6-10(15)14(19)16-11-7-4-5-8-12(11)20-9-13(17)18/h4-5,7-8,10H,2-3,6,9,15H2,1H3,(H,16,19)(H,17,18)/t10-/m0/s1. The number of para-hydroxylation sites is 2. The molecule has 1 atom stereocenters. The van der Waals surface area contributed by atoms with E-state index in [0.717, 1.165) is 12.8 Å². The maximum atomic E-state index is 11.9. The molecule has 0 aliphatic heterocycles. The number of anilines is 1. The van der Waals surface area contributed by atoms with Crippen LogP contribution in [-0.2, 0) is 9.59 Å². The highest BCUT2D eigenvalue weighted by Crippen LogP contribution is 2.23. The van der Waals surface area contributed by atoms with Crippen molar-refractivity contribution in [3.05, 3.63) is 24.3 Å². The molecule has 0 aliphatic carbocycles. The lowest BCUT2D eigenvalue weighted by Crippen LogP contribution is -2.35. The molecule has 0 unspecified atom stereocenters. The fraction of sp³-hybridized carbons (Fsp3) is 0.429. The van der Waals surface area contributed by atoms with Crippen LogP contribution in [0.4, 0.5) is 5.69 Å². The summed E-state index contributed by atoms with van der Waals surface area (Å²) in [5.74, 6) is -1.07. The molecule has 6 nitrogen and oxygen atoms in total. The second-order valence-corrected chi connectivity index (χ2v) is 4.42. The van der Waals surface area contributed by atoms with Crippen molar-refractivity contribution < 1.29 is 19.4 Å². The molecule has 0 aromatic heterocycles. The van der Waals surface area contributed by atoms with Gasteiger partial charge in [0, 0.05) is 0 Å². The molecule has 0 radical (unpaired) electrons. The van der Waals surface area contributed by atoms with E-state index < -0.39 is 18.6 Å². The van der Waals surface area contributed by atoms with Crippen molar-refractivity contribution in [2.75, 3.05) is 11.9 Å². The first kappa shape index (κ1) is 16.0. The minimum atomic E-state index is -1.08. The van der Waals surface area contributed by atoms with Crippen LogP contribution in [0, 0.1) is 0 Å². The summed E-state index contributed by atoms with van der Waals surface area (Å²) in [7, 11) is 0. The number of carbonyl (C=O) groups excluding carboxylic acids is 1. The third-order valence-corrected chi connectivity index (χ3v) is 2.70. The average Bonchev–Trinajstić information content (AvgIpc) is 2.43. The number of benzene rings is 1. The van der Waals surface area contributed by atoms with Crippen molar-refractivity contribution in [3.8, 4) is 5.75 Å². The van der Waals surface area contributed by atoms with Crippen LogP contribution in [0.2, 0.25) is 0 Å². The fourth-order valence-electron chi connectivity index (χ4n) is 1.62. The molecule has 0 saturated heterocycles. The second-order valence-electron chi connectivity index (χ2n) is 4.42. The van der Waals surface area contributed by atoms with Crippen LogP contribution in [0.5, 0.6) is 5.75 Å². The number of carboxylic acids is 1. The lowest BCUT2D eigenvalue weighted by atomic mass is 10.1. The Kier molecular flexibility index (Phi) is 6.52. The van der Waals surface area contributed by atoms with Gasteiger partial charge in [-0.25, -0.2) is 4.79 Å². The summed E-state index contributed by atoms with van der Waals surface area (Å²) in [6.45, 7) is 1.56. The summed E-state index contributed by atoms with van der Waals surface area (Å²) in [6, 6.07) is 6.07. The third-order valence-electron chi connectivity index (χ3n) is 2.70. The van der Waals surface area contributed by atoms with E-state index in [2.05, 4.69) is 5.32 Å². The van der Waals surface area contributed by atoms with Crippen molar-refractivity contribution in [3.63, 3.8) is 0 Å². The zero-order valence-corrected chi connectivity index (χ0v) is 11.5. The number of carboxylic acid groups (broad SMARTS) is 1. The molecule has 1 aromatic rings. The number of nitrogens with one attached hydrogen (secondary N) is 1. The van der Waals surface area contributed by atoms with Gasteiger partial charge in [0.1, 0.15) is 5.75 Å². The number of rotatable bonds is 8. The quantitative estimate of drug-likeness (QED) is 0.671. The number of hydrogen-bond donors (Lipinski definition) is 3. The summed E-state index contributed by atoms with van der Waals surface area (Å²) in [4.78, 5) is 22.4. The van der Waals surface area contributed by atoms with Crippen LogP contribution in [0.1, 0.15) is 26.2 Å². The summed E-state index contributed by atoms with van der Waals surface area (Å²) >= 11 is 0. The molecule has 0 heterocycles. The average molecular weight is 280 g/mol. The highest BCUT2D eigenvalue weighted by molar-refractivity contribution is 5.95. The highest BCUT2D eigenvalue weighted by atomic mass is 16.5. The van der Waals surface area contributed by atoms with E-state index in [1.165, 1.54) is 0 Å². The highest BCUT2D eigenvalue weighted by Gasteiger charge is 2.15. The molecule has 110 valence electrons. The van der Waals surface area contributed by atoms with Crippen molar-refractivity contribution in [2.45, 2.75) is 32.2 Å². The van der Waals surface area contributed by atoms with Crippen LogP contribution in [0.25, 0.3) is 0 Å². The minimum absolute atomic E-state index is 0.301. The van der Waals surface area contributed by atoms with Gasteiger partial charge in [0.15, 0.2) is 6.61 Å². The van der Waals surface area contributed by atoms with E-state index in [4.69, 9.17) is 15.6 Å². The molecule has 0 bridgehead atoms. The van der Waals surface area contributed by atoms with Gasteiger partial charge in [0.2, 0.25) is 5.91 Å². The van der Waals surface area contributed by atoms with Crippen LogP contribution in [-0.4, -0.2) is 29.6 Å². The lowest BCUT2D eigenvalue weighted by Gasteiger charge is -2.14.